The molecule has 0 aromatic heterocycles. The number of carboxylic acid groups (broad SMARTS) is 1. The summed E-state index contributed by atoms with van der Waals surface area (Å²) in [5.74, 6) is -1.09. The molecule has 1 aliphatic rings. The fourth-order valence-corrected chi connectivity index (χ4v) is 2.19. The molecule has 1 aromatic rings. The average Bonchev–Trinajstić information content (AvgIpc) is 2.30. The fourth-order valence-electron chi connectivity index (χ4n) is 2.19. The zero-order valence-corrected chi connectivity index (χ0v) is 8.82. The summed E-state index contributed by atoms with van der Waals surface area (Å²) in [6, 6.07) is 6.04. The van der Waals surface area contributed by atoms with Gasteiger partial charge < -0.3 is 10.4 Å². The molecule has 2 N–H and O–H groups in total. The van der Waals surface area contributed by atoms with Gasteiger partial charge in [0, 0.05) is 0 Å². The number of carboxylic acids is 1. The summed E-state index contributed by atoms with van der Waals surface area (Å²) in [6.45, 7) is 0.621. The number of piperidine rings is 1. The summed E-state index contributed by atoms with van der Waals surface area (Å²) in [5, 5.41) is 11.8. The topological polar surface area (TPSA) is 49.3 Å². The van der Waals surface area contributed by atoms with E-state index in [4.69, 9.17) is 5.11 Å². The van der Waals surface area contributed by atoms with Crippen LogP contribution < -0.4 is 5.32 Å². The van der Waals surface area contributed by atoms with Gasteiger partial charge in [-0.15, -0.1) is 0 Å². The van der Waals surface area contributed by atoms with Crippen LogP contribution in [0.2, 0.25) is 0 Å². The molecular formula is C12H14FNO2. The molecule has 0 aliphatic carbocycles. The molecule has 1 heterocycles. The molecule has 1 fully saturated rings. The summed E-state index contributed by atoms with van der Waals surface area (Å²) in [6.07, 6.45) is 1.24. The lowest BCUT2D eigenvalue weighted by molar-refractivity contribution is -0.140. The van der Waals surface area contributed by atoms with Gasteiger partial charge in [-0.2, -0.15) is 0 Å². The van der Waals surface area contributed by atoms with Crippen molar-refractivity contribution in [3.8, 4) is 0 Å². The van der Waals surface area contributed by atoms with E-state index in [1.54, 1.807) is 18.2 Å². The van der Waals surface area contributed by atoms with E-state index in [9.17, 15) is 9.18 Å². The zero-order valence-electron chi connectivity index (χ0n) is 8.82. The Morgan fingerprint density at radius 1 is 1.44 bits per heavy atom. The quantitative estimate of drug-likeness (QED) is 0.803. The number of benzene rings is 1. The summed E-state index contributed by atoms with van der Waals surface area (Å²) in [4.78, 5) is 10.9. The third kappa shape index (κ3) is 2.22. The van der Waals surface area contributed by atoms with E-state index in [1.807, 2.05) is 0 Å². The number of hydrogen-bond donors (Lipinski definition) is 2. The highest BCUT2D eigenvalue weighted by molar-refractivity contribution is 5.73. The minimum absolute atomic E-state index is 0.00329. The van der Waals surface area contributed by atoms with Crippen LogP contribution in [-0.2, 0) is 4.79 Å². The van der Waals surface area contributed by atoms with Gasteiger partial charge in [0.15, 0.2) is 0 Å². The molecule has 3 nitrogen and oxygen atoms in total. The Morgan fingerprint density at radius 3 is 2.88 bits per heavy atom. The van der Waals surface area contributed by atoms with Crippen molar-refractivity contribution in [1.82, 2.24) is 5.32 Å². The van der Waals surface area contributed by atoms with Crippen molar-refractivity contribution in [2.24, 2.45) is 0 Å². The van der Waals surface area contributed by atoms with Crippen molar-refractivity contribution >= 4 is 5.97 Å². The molecule has 0 amide bonds. The number of nitrogens with one attached hydrogen (secondary N) is 1. The van der Waals surface area contributed by atoms with Gasteiger partial charge in [-0.3, -0.25) is 4.79 Å². The molecule has 1 saturated heterocycles. The van der Waals surface area contributed by atoms with Crippen LogP contribution in [0, 0.1) is 5.82 Å². The second-order valence-corrected chi connectivity index (χ2v) is 4.09. The summed E-state index contributed by atoms with van der Waals surface area (Å²) < 4.78 is 13.5. The van der Waals surface area contributed by atoms with Crippen LogP contribution in [0.15, 0.2) is 24.3 Å². The highest BCUT2D eigenvalue weighted by atomic mass is 19.1. The predicted octanol–water partition coefficient (Wildman–Crippen LogP) is 1.75. The Hall–Kier alpha value is -1.42. The molecule has 2 rings (SSSR count). The van der Waals surface area contributed by atoms with Gasteiger partial charge in [0.05, 0.1) is 0 Å². The van der Waals surface area contributed by atoms with Crippen molar-refractivity contribution in [3.05, 3.63) is 35.6 Å². The van der Waals surface area contributed by atoms with Crippen molar-refractivity contribution in [2.75, 3.05) is 6.54 Å². The average molecular weight is 223 g/mol. The summed E-state index contributed by atoms with van der Waals surface area (Å²) >= 11 is 0. The van der Waals surface area contributed by atoms with E-state index < -0.39 is 12.0 Å². The molecule has 1 aliphatic heterocycles. The van der Waals surface area contributed by atoms with E-state index >= 15 is 0 Å². The maximum absolute atomic E-state index is 13.5. The Kier molecular flexibility index (Phi) is 3.19. The Balaban J connectivity index is 2.16. The third-order valence-corrected chi connectivity index (χ3v) is 3.05. The van der Waals surface area contributed by atoms with Crippen molar-refractivity contribution in [2.45, 2.75) is 24.8 Å². The molecule has 0 saturated carbocycles. The monoisotopic (exact) mass is 223 g/mol. The van der Waals surface area contributed by atoms with Crippen LogP contribution in [0.4, 0.5) is 4.39 Å². The minimum Gasteiger partial charge on any atom is -0.480 e. The van der Waals surface area contributed by atoms with Gasteiger partial charge in [0.1, 0.15) is 11.9 Å². The minimum atomic E-state index is -0.860. The zero-order chi connectivity index (χ0) is 11.5. The van der Waals surface area contributed by atoms with Crippen LogP contribution >= 0.6 is 0 Å². The van der Waals surface area contributed by atoms with E-state index in [0.717, 1.165) is 6.42 Å². The van der Waals surface area contributed by atoms with Crippen LogP contribution in [0.5, 0.6) is 0 Å². The van der Waals surface area contributed by atoms with Crippen LogP contribution in [0.1, 0.15) is 24.3 Å². The van der Waals surface area contributed by atoms with Gasteiger partial charge in [-0.25, -0.2) is 4.39 Å². The first-order valence-electron chi connectivity index (χ1n) is 5.39. The smallest absolute Gasteiger partial charge is 0.320 e. The predicted molar refractivity (Wildman–Crippen MR) is 57.8 cm³/mol. The maximum atomic E-state index is 13.5. The number of hydrogen-bond acceptors (Lipinski definition) is 2. The Bertz CT molecular complexity index is 394. The van der Waals surface area contributed by atoms with Gasteiger partial charge in [-0.05, 0) is 36.9 Å². The van der Waals surface area contributed by atoms with Crippen LogP contribution in [0.3, 0.4) is 0 Å². The first-order chi connectivity index (χ1) is 7.68. The number of halogens is 1. The largest absolute Gasteiger partial charge is 0.480 e. The Labute approximate surface area is 93.3 Å². The molecule has 4 heteroatoms. The molecule has 0 radical (unpaired) electrons. The molecule has 1 aromatic carbocycles. The normalized spacial score (nSPS) is 25.3. The number of rotatable bonds is 2. The fraction of sp³-hybridized carbons (Fsp3) is 0.417. The third-order valence-electron chi connectivity index (χ3n) is 3.05. The van der Waals surface area contributed by atoms with Crippen molar-refractivity contribution in [1.29, 1.82) is 0 Å². The van der Waals surface area contributed by atoms with E-state index in [1.165, 1.54) is 6.07 Å². The second-order valence-electron chi connectivity index (χ2n) is 4.09. The lowest BCUT2D eigenvalue weighted by Gasteiger charge is -2.28. The van der Waals surface area contributed by atoms with Crippen molar-refractivity contribution in [3.63, 3.8) is 0 Å². The van der Waals surface area contributed by atoms with E-state index in [2.05, 4.69) is 5.32 Å². The molecule has 16 heavy (non-hydrogen) atoms. The molecule has 2 atom stereocenters. The van der Waals surface area contributed by atoms with Gasteiger partial charge in [0.25, 0.3) is 0 Å². The standard InChI is InChI=1S/C12H14FNO2/c13-10-4-2-1-3-9(10)8-5-6-14-11(7-8)12(15)16/h1-4,8,11,14H,5-7H2,(H,15,16). The first kappa shape index (κ1) is 11.1. The van der Waals surface area contributed by atoms with Crippen molar-refractivity contribution < 1.29 is 14.3 Å². The van der Waals surface area contributed by atoms with Crippen LogP contribution in [0.25, 0.3) is 0 Å². The highest BCUT2D eigenvalue weighted by Crippen LogP contribution is 2.29. The summed E-state index contributed by atoms with van der Waals surface area (Å²) in [5.41, 5.74) is 0.634. The van der Waals surface area contributed by atoms with E-state index in [0.29, 0.717) is 18.5 Å². The lowest BCUT2D eigenvalue weighted by Crippen LogP contribution is -2.42. The summed E-state index contributed by atoms with van der Waals surface area (Å²) in [7, 11) is 0. The highest BCUT2D eigenvalue weighted by Gasteiger charge is 2.28. The number of carbonyl (C=O) groups is 1. The molecule has 2 unspecified atom stereocenters. The Morgan fingerprint density at radius 2 is 2.19 bits per heavy atom. The SMILES string of the molecule is O=C(O)C1CC(c2ccccc2F)CCN1. The maximum Gasteiger partial charge on any atom is 0.320 e. The van der Waals surface area contributed by atoms with Crippen LogP contribution in [-0.4, -0.2) is 23.7 Å². The first-order valence-corrected chi connectivity index (χ1v) is 5.39. The van der Waals surface area contributed by atoms with Gasteiger partial charge >= 0.3 is 5.97 Å². The lowest BCUT2D eigenvalue weighted by atomic mass is 9.86. The van der Waals surface area contributed by atoms with Gasteiger partial charge in [-0.1, -0.05) is 18.2 Å². The molecule has 86 valence electrons. The van der Waals surface area contributed by atoms with E-state index in [-0.39, 0.29) is 11.7 Å². The number of aliphatic carboxylic acids is 1. The second kappa shape index (κ2) is 4.61. The van der Waals surface area contributed by atoms with Gasteiger partial charge in [0.2, 0.25) is 0 Å². The molecular weight excluding hydrogens is 209 g/mol. The molecule has 0 bridgehead atoms. The molecule has 0 spiro atoms.